The fraction of sp³-hybridized carbons (Fsp3) is 0.136. The Balaban J connectivity index is 0.00000256. The van der Waals surface area contributed by atoms with Gasteiger partial charge in [-0.3, -0.25) is 0 Å². The van der Waals surface area contributed by atoms with E-state index < -0.39 is 0 Å². The smallest absolute Gasteiger partial charge is 0.178 e. The summed E-state index contributed by atoms with van der Waals surface area (Å²) in [4.78, 5) is 8.73. The van der Waals surface area contributed by atoms with Crippen molar-refractivity contribution < 1.29 is 9.47 Å². The van der Waals surface area contributed by atoms with E-state index in [1.54, 1.807) is 30.6 Å². The van der Waals surface area contributed by atoms with Gasteiger partial charge in [-0.05, 0) is 42.7 Å². The van der Waals surface area contributed by atoms with E-state index in [1.807, 2.05) is 84.1 Å². The average molecular weight is 460 g/mol. The maximum absolute atomic E-state index is 6.28. The normalized spacial score (nSPS) is 15.4. The number of thioether (sulfide) groups is 1. The van der Waals surface area contributed by atoms with Crippen molar-refractivity contribution in [1.82, 2.24) is 4.98 Å². The summed E-state index contributed by atoms with van der Waals surface area (Å²) in [6.45, 7) is 2.02. The Labute approximate surface area is 191 Å². The van der Waals surface area contributed by atoms with Crippen molar-refractivity contribution >= 4 is 41.7 Å². The van der Waals surface area contributed by atoms with Crippen LogP contribution in [-0.2, 0) is 0 Å². The van der Waals surface area contributed by atoms with Crippen molar-refractivity contribution in [1.29, 1.82) is 0 Å². The van der Waals surface area contributed by atoms with Crippen LogP contribution >= 0.6 is 35.9 Å². The number of nitrogens with two attached hydrogens (primary N) is 1. The molecular formula is C22H22ClN3O2S2. The first-order valence-electron chi connectivity index (χ1n) is 9.06. The number of para-hydroxylation sites is 1. The number of aromatic nitrogens is 1. The number of anilines is 1. The van der Waals surface area contributed by atoms with Crippen LogP contribution in [0.4, 0.5) is 5.82 Å². The molecule has 0 saturated heterocycles. The maximum atomic E-state index is 6.28. The fourth-order valence-electron chi connectivity index (χ4n) is 2.92. The van der Waals surface area contributed by atoms with Crippen LogP contribution < -0.4 is 20.1 Å². The van der Waals surface area contributed by atoms with Crippen LogP contribution in [-0.4, -0.2) is 17.6 Å². The molecule has 0 aliphatic carbocycles. The van der Waals surface area contributed by atoms with Crippen LogP contribution in [0.25, 0.3) is 0 Å². The molecule has 2 N–H and O–H groups in total. The van der Waals surface area contributed by atoms with Gasteiger partial charge in [-0.1, -0.05) is 47.8 Å². The van der Waals surface area contributed by atoms with Gasteiger partial charge in [0.05, 0.1) is 7.11 Å². The van der Waals surface area contributed by atoms with Gasteiger partial charge in [0, 0.05) is 27.8 Å². The van der Waals surface area contributed by atoms with Crippen LogP contribution in [0.5, 0.6) is 17.2 Å². The third kappa shape index (κ3) is 5.05. The molecule has 2 aromatic carbocycles. The highest BCUT2D eigenvalue weighted by Gasteiger charge is 2.27. The van der Waals surface area contributed by atoms with E-state index in [9.17, 15) is 0 Å². The number of rotatable bonds is 6. The van der Waals surface area contributed by atoms with Crippen LogP contribution in [0.1, 0.15) is 6.92 Å². The van der Waals surface area contributed by atoms with Gasteiger partial charge in [-0.15, -0.1) is 12.4 Å². The molecule has 0 amide bonds. The zero-order valence-corrected chi connectivity index (χ0v) is 19.0. The van der Waals surface area contributed by atoms with E-state index in [-0.39, 0.29) is 17.9 Å². The van der Waals surface area contributed by atoms with Gasteiger partial charge in [0.1, 0.15) is 17.0 Å². The second-order valence-corrected chi connectivity index (χ2v) is 8.48. The molecule has 1 aromatic heterocycles. The summed E-state index contributed by atoms with van der Waals surface area (Å²) in [6.07, 6.45) is 1.85. The molecule has 2 heterocycles. The Hall–Kier alpha value is -2.32. The summed E-state index contributed by atoms with van der Waals surface area (Å²) < 4.78 is 11.5. The van der Waals surface area contributed by atoms with Gasteiger partial charge >= 0.3 is 0 Å². The van der Waals surface area contributed by atoms with E-state index in [1.165, 1.54) is 0 Å². The van der Waals surface area contributed by atoms with E-state index in [0.717, 1.165) is 27.0 Å². The predicted octanol–water partition coefficient (Wildman–Crippen LogP) is 6.11. The van der Waals surface area contributed by atoms with Crippen LogP contribution in [0.15, 0.2) is 87.8 Å². The number of allylic oxidation sites excluding steroid dienone is 1. The lowest BCUT2D eigenvalue weighted by molar-refractivity contribution is 0.413. The highest BCUT2D eigenvalue weighted by atomic mass is 35.5. The molecule has 8 heteroatoms. The van der Waals surface area contributed by atoms with Crippen molar-refractivity contribution in [2.45, 2.75) is 22.2 Å². The molecule has 0 bridgehead atoms. The van der Waals surface area contributed by atoms with Crippen molar-refractivity contribution in [2.24, 2.45) is 5.73 Å². The molecule has 1 aliphatic rings. The number of benzene rings is 2. The monoisotopic (exact) mass is 459 g/mol. The lowest BCUT2D eigenvalue weighted by Gasteiger charge is -2.26. The first-order valence-corrected chi connectivity index (χ1v) is 10.8. The molecular weight excluding hydrogens is 438 g/mol. The Morgan fingerprint density at radius 3 is 2.50 bits per heavy atom. The number of pyridine rings is 1. The second-order valence-electron chi connectivity index (χ2n) is 6.34. The number of halogens is 1. The summed E-state index contributed by atoms with van der Waals surface area (Å²) in [5, 5.41) is 2.04. The van der Waals surface area contributed by atoms with Crippen molar-refractivity contribution in [3.8, 4) is 17.2 Å². The molecule has 0 fully saturated rings. The molecule has 1 aliphatic heterocycles. The predicted molar refractivity (Wildman–Crippen MR) is 127 cm³/mol. The van der Waals surface area contributed by atoms with Gasteiger partial charge in [0.15, 0.2) is 11.6 Å². The number of hydrogen-bond donors (Lipinski definition) is 1. The van der Waals surface area contributed by atoms with Gasteiger partial charge in [-0.25, -0.2) is 4.98 Å². The summed E-state index contributed by atoms with van der Waals surface area (Å²) in [5.74, 6) is 2.94. The minimum atomic E-state index is -0.225. The Morgan fingerprint density at radius 1 is 1.03 bits per heavy atom. The largest absolute Gasteiger partial charge is 0.497 e. The molecule has 0 saturated carbocycles. The first kappa shape index (κ1) is 22.4. The van der Waals surface area contributed by atoms with Gasteiger partial charge in [0.25, 0.3) is 0 Å². The Bertz CT molecular complexity index is 1030. The molecule has 0 spiro atoms. The molecule has 3 aromatic rings. The highest BCUT2D eigenvalue weighted by molar-refractivity contribution is 8.03. The second kappa shape index (κ2) is 10.1. The molecule has 5 nitrogen and oxygen atoms in total. The summed E-state index contributed by atoms with van der Waals surface area (Å²) in [6, 6.07) is 19.6. The number of ether oxygens (including phenoxy) is 2. The lowest BCUT2D eigenvalue weighted by atomic mass is 10.3. The summed E-state index contributed by atoms with van der Waals surface area (Å²) in [5.41, 5.74) is 7.10. The van der Waals surface area contributed by atoms with E-state index >= 15 is 0 Å². The average Bonchev–Trinajstić information content (AvgIpc) is 3.07. The Morgan fingerprint density at radius 2 is 1.80 bits per heavy atom. The molecule has 30 heavy (non-hydrogen) atoms. The SMILES string of the molecule is COc1cccc(Sc2cnc(N3C(C)=CSC3N)c(Oc3ccccc3)c2)c1.Cl. The first-order chi connectivity index (χ1) is 14.1. The van der Waals surface area contributed by atoms with Crippen molar-refractivity contribution in [3.63, 3.8) is 0 Å². The van der Waals surface area contributed by atoms with Crippen LogP contribution in [0.3, 0.4) is 0 Å². The summed E-state index contributed by atoms with van der Waals surface area (Å²) in [7, 11) is 1.67. The molecule has 156 valence electrons. The molecule has 0 radical (unpaired) electrons. The Kier molecular flexibility index (Phi) is 7.55. The number of methoxy groups -OCH3 is 1. The number of nitrogens with zero attached hydrogens (tertiary/aromatic N) is 2. The molecule has 4 rings (SSSR count). The van der Waals surface area contributed by atoms with E-state index in [2.05, 4.69) is 0 Å². The third-order valence-electron chi connectivity index (χ3n) is 4.30. The van der Waals surface area contributed by atoms with Crippen LogP contribution in [0.2, 0.25) is 0 Å². The minimum Gasteiger partial charge on any atom is -0.497 e. The third-order valence-corrected chi connectivity index (χ3v) is 6.21. The zero-order valence-electron chi connectivity index (χ0n) is 16.5. The summed E-state index contributed by atoms with van der Waals surface area (Å²) >= 11 is 3.16. The van der Waals surface area contributed by atoms with Crippen LogP contribution in [0, 0.1) is 0 Å². The topological polar surface area (TPSA) is 60.6 Å². The zero-order chi connectivity index (χ0) is 20.2. The van der Waals surface area contributed by atoms with E-state index in [4.69, 9.17) is 20.2 Å². The standard InChI is InChI=1S/C22H21N3O2S2.ClH/c1-15-14-28-22(23)25(15)21-20(27-16-7-4-3-5-8-16)12-19(13-24-21)29-18-10-6-9-17(11-18)26-2;/h3-14,22H,23H2,1-2H3;1H. The maximum Gasteiger partial charge on any atom is 0.178 e. The van der Waals surface area contributed by atoms with Crippen molar-refractivity contribution in [3.05, 3.63) is 78.0 Å². The quantitative estimate of drug-likeness (QED) is 0.477. The van der Waals surface area contributed by atoms with Gasteiger partial charge in [-0.2, -0.15) is 0 Å². The van der Waals surface area contributed by atoms with Crippen molar-refractivity contribution in [2.75, 3.05) is 12.0 Å². The molecule has 1 unspecified atom stereocenters. The highest BCUT2D eigenvalue weighted by Crippen LogP contribution is 2.41. The lowest BCUT2D eigenvalue weighted by Crippen LogP contribution is -2.35. The molecule has 1 atom stereocenters. The van der Waals surface area contributed by atoms with E-state index in [0.29, 0.717) is 11.6 Å². The fourth-order valence-corrected chi connectivity index (χ4v) is 4.62. The number of hydrogen-bond acceptors (Lipinski definition) is 7. The van der Waals surface area contributed by atoms with Gasteiger partial charge in [0.2, 0.25) is 0 Å². The minimum absolute atomic E-state index is 0. The van der Waals surface area contributed by atoms with Gasteiger partial charge < -0.3 is 20.1 Å².